The van der Waals surface area contributed by atoms with Crippen molar-refractivity contribution in [1.29, 1.82) is 0 Å². The van der Waals surface area contributed by atoms with Crippen LogP contribution in [0.3, 0.4) is 0 Å². The maximum Gasteiger partial charge on any atom is 0.0328 e. The van der Waals surface area contributed by atoms with Gasteiger partial charge in [0.25, 0.3) is 0 Å². The van der Waals surface area contributed by atoms with Gasteiger partial charge in [-0.05, 0) is 36.9 Å². The summed E-state index contributed by atoms with van der Waals surface area (Å²) in [6, 6.07) is 9.35. The van der Waals surface area contributed by atoms with Gasteiger partial charge in [-0.25, -0.2) is 0 Å². The third-order valence-corrected chi connectivity index (χ3v) is 4.43. The summed E-state index contributed by atoms with van der Waals surface area (Å²) >= 11 is 1.99. The Labute approximate surface area is 117 Å². The largest absolute Gasteiger partial charge is 0.310 e. The van der Waals surface area contributed by atoms with Gasteiger partial charge in [0, 0.05) is 16.7 Å². The van der Waals surface area contributed by atoms with Crippen LogP contribution in [0.4, 0.5) is 0 Å². The van der Waals surface area contributed by atoms with Crippen molar-refractivity contribution in [1.82, 2.24) is 5.32 Å². The SMILES string of the molecule is CCCNC(CC)c1ccccc1SCC(C)C. The summed E-state index contributed by atoms with van der Waals surface area (Å²) in [7, 11) is 0. The Bertz CT molecular complexity index is 336. The molecule has 1 nitrogen and oxygen atoms in total. The molecule has 0 spiro atoms. The second-order valence-electron chi connectivity index (χ2n) is 5.16. The first-order chi connectivity index (χ1) is 8.69. The molecule has 0 saturated heterocycles. The maximum absolute atomic E-state index is 3.65. The second kappa shape index (κ2) is 8.60. The van der Waals surface area contributed by atoms with Crippen molar-refractivity contribution in [3.8, 4) is 0 Å². The molecule has 0 fully saturated rings. The zero-order chi connectivity index (χ0) is 13.4. The molecule has 1 aromatic carbocycles. The van der Waals surface area contributed by atoms with Gasteiger partial charge in [0.2, 0.25) is 0 Å². The molecule has 102 valence electrons. The average molecular weight is 265 g/mol. The van der Waals surface area contributed by atoms with E-state index in [1.165, 1.54) is 22.6 Å². The number of rotatable bonds is 8. The van der Waals surface area contributed by atoms with Gasteiger partial charge in [-0.2, -0.15) is 0 Å². The van der Waals surface area contributed by atoms with E-state index in [-0.39, 0.29) is 0 Å². The topological polar surface area (TPSA) is 12.0 Å². The van der Waals surface area contributed by atoms with Crippen LogP contribution in [0.2, 0.25) is 0 Å². The van der Waals surface area contributed by atoms with Crippen molar-refractivity contribution in [2.45, 2.75) is 51.5 Å². The van der Waals surface area contributed by atoms with Gasteiger partial charge in [-0.3, -0.25) is 0 Å². The van der Waals surface area contributed by atoms with E-state index in [0.717, 1.165) is 18.9 Å². The van der Waals surface area contributed by atoms with E-state index in [1.807, 2.05) is 11.8 Å². The fourth-order valence-electron chi connectivity index (χ4n) is 1.95. The summed E-state index contributed by atoms with van der Waals surface area (Å²) in [6.07, 6.45) is 2.34. The van der Waals surface area contributed by atoms with Gasteiger partial charge < -0.3 is 5.32 Å². The van der Waals surface area contributed by atoms with Gasteiger partial charge in [0.05, 0.1) is 0 Å². The number of nitrogens with one attached hydrogen (secondary N) is 1. The van der Waals surface area contributed by atoms with Crippen molar-refractivity contribution >= 4 is 11.8 Å². The minimum absolute atomic E-state index is 0.501. The van der Waals surface area contributed by atoms with Crippen LogP contribution in [0, 0.1) is 5.92 Å². The van der Waals surface area contributed by atoms with Crippen LogP contribution < -0.4 is 5.32 Å². The number of thioether (sulfide) groups is 1. The lowest BCUT2D eigenvalue weighted by atomic mass is 10.0. The molecule has 1 atom stereocenters. The first-order valence-electron chi connectivity index (χ1n) is 7.14. The zero-order valence-electron chi connectivity index (χ0n) is 12.2. The molecule has 2 heteroatoms. The number of hydrogen-bond acceptors (Lipinski definition) is 2. The molecular weight excluding hydrogens is 238 g/mol. The molecule has 0 saturated carbocycles. The summed E-state index contributed by atoms with van der Waals surface area (Å²) in [5, 5.41) is 3.65. The Hall–Kier alpha value is -0.470. The molecular formula is C16H27NS. The summed E-state index contributed by atoms with van der Waals surface area (Å²) in [4.78, 5) is 1.45. The van der Waals surface area contributed by atoms with Gasteiger partial charge in [-0.15, -0.1) is 11.8 Å². The maximum atomic E-state index is 3.65. The third kappa shape index (κ3) is 5.03. The summed E-state index contributed by atoms with van der Waals surface area (Å²) in [6.45, 7) is 10.1. The normalized spacial score (nSPS) is 12.9. The highest BCUT2D eigenvalue weighted by molar-refractivity contribution is 7.99. The molecule has 18 heavy (non-hydrogen) atoms. The Morgan fingerprint density at radius 2 is 1.89 bits per heavy atom. The lowest BCUT2D eigenvalue weighted by molar-refractivity contribution is 0.512. The highest BCUT2D eigenvalue weighted by Gasteiger charge is 2.12. The van der Waals surface area contributed by atoms with E-state index in [1.54, 1.807) is 0 Å². The molecule has 1 rings (SSSR count). The van der Waals surface area contributed by atoms with Crippen molar-refractivity contribution in [2.24, 2.45) is 5.92 Å². The van der Waals surface area contributed by atoms with Crippen LogP contribution in [0.25, 0.3) is 0 Å². The Morgan fingerprint density at radius 1 is 1.17 bits per heavy atom. The Kier molecular flexibility index (Phi) is 7.45. The van der Waals surface area contributed by atoms with Crippen LogP contribution in [-0.2, 0) is 0 Å². The molecule has 0 aromatic heterocycles. The van der Waals surface area contributed by atoms with Gasteiger partial charge in [0.15, 0.2) is 0 Å². The molecule has 0 aliphatic rings. The molecule has 1 aromatic rings. The Morgan fingerprint density at radius 3 is 2.50 bits per heavy atom. The van der Waals surface area contributed by atoms with E-state index >= 15 is 0 Å². The highest BCUT2D eigenvalue weighted by Crippen LogP contribution is 2.30. The predicted molar refractivity (Wildman–Crippen MR) is 83.3 cm³/mol. The van der Waals surface area contributed by atoms with E-state index in [9.17, 15) is 0 Å². The van der Waals surface area contributed by atoms with Crippen LogP contribution in [0.5, 0.6) is 0 Å². The van der Waals surface area contributed by atoms with E-state index < -0.39 is 0 Å². The van der Waals surface area contributed by atoms with Crippen molar-refractivity contribution in [3.63, 3.8) is 0 Å². The van der Waals surface area contributed by atoms with Gasteiger partial charge in [0.1, 0.15) is 0 Å². The minimum atomic E-state index is 0.501. The fraction of sp³-hybridized carbons (Fsp3) is 0.625. The molecule has 0 aliphatic carbocycles. The van der Waals surface area contributed by atoms with Crippen molar-refractivity contribution in [3.05, 3.63) is 29.8 Å². The van der Waals surface area contributed by atoms with Gasteiger partial charge >= 0.3 is 0 Å². The first kappa shape index (κ1) is 15.6. The molecule has 0 radical (unpaired) electrons. The summed E-state index contributed by atoms with van der Waals surface area (Å²) in [5.74, 6) is 1.94. The van der Waals surface area contributed by atoms with Gasteiger partial charge in [-0.1, -0.05) is 45.9 Å². The molecule has 1 unspecified atom stereocenters. The van der Waals surface area contributed by atoms with Crippen LogP contribution in [0.15, 0.2) is 29.2 Å². The standard InChI is InChI=1S/C16H27NS/c1-5-11-17-15(6-2)14-9-7-8-10-16(14)18-12-13(3)4/h7-10,13,15,17H,5-6,11-12H2,1-4H3. The lowest BCUT2D eigenvalue weighted by Crippen LogP contribution is -2.22. The minimum Gasteiger partial charge on any atom is -0.310 e. The lowest BCUT2D eigenvalue weighted by Gasteiger charge is -2.20. The third-order valence-electron chi connectivity index (χ3n) is 2.92. The van der Waals surface area contributed by atoms with Crippen molar-refractivity contribution in [2.75, 3.05) is 12.3 Å². The molecule has 0 bridgehead atoms. The second-order valence-corrected chi connectivity index (χ2v) is 6.22. The van der Waals surface area contributed by atoms with Crippen molar-refractivity contribution < 1.29 is 0 Å². The van der Waals surface area contributed by atoms with E-state index in [2.05, 4.69) is 57.3 Å². The fourth-order valence-corrected chi connectivity index (χ4v) is 3.01. The van der Waals surface area contributed by atoms with E-state index in [4.69, 9.17) is 0 Å². The van der Waals surface area contributed by atoms with Crippen LogP contribution >= 0.6 is 11.8 Å². The smallest absolute Gasteiger partial charge is 0.0328 e. The average Bonchev–Trinajstić information content (AvgIpc) is 2.38. The summed E-state index contributed by atoms with van der Waals surface area (Å²) < 4.78 is 0. The predicted octanol–water partition coefficient (Wildman–Crippen LogP) is 4.89. The van der Waals surface area contributed by atoms with Crippen LogP contribution in [-0.4, -0.2) is 12.3 Å². The number of hydrogen-bond donors (Lipinski definition) is 1. The molecule has 1 N–H and O–H groups in total. The molecule has 0 amide bonds. The number of benzene rings is 1. The molecule has 0 aliphatic heterocycles. The first-order valence-corrected chi connectivity index (χ1v) is 8.12. The Balaban J connectivity index is 2.78. The van der Waals surface area contributed by atoms with E-state index in [0.29, 0.717) is 6.04 Å². The zero-order valence-corrected chi connectivity index (χ0v) is 13.0. The quantitative estimate of drug-likeness (QED) is 0.672. The monoisotopic (exact) mass is 265 g/mol. The highest BCUT2D eigenvalue weighted by atomic mass is 32.2. The van der Waals surface area contributed by atoms with Crippen LogP contribution in [0.1, 0.15) is 52.1 Å². The summed E-state index contributed by atoms with van der Waals surface area (Å²) in [5.41, 5.74) is 1.47. The molecule has 0 heterocycles.